The van der Waals surface area contributed by atoms with Gasteiger partial charge in [0.05, 0.1) is 24.3 Å². The minimum absolute atomic E-state index is 0.454. The van der Waals surface area contributed by atoms with Crippen molar-refractivity contribution in [3.63, 3.8) is 0 Å². The summed E-state index contributed by atoms with van der Waals surface area (Å²) in [6.07, 6.45) is 1.58. The van der Waals surface area contributed by atoms with Crippen molar-refractivity contribution in [1.29, 1.82) is 0 Å². The fraction of sp³-hybridized carbons (Fsp3) is 0.200. The first-order valence-corrected chi connectivity index (χ1v) is 5.06. The van der Waals surface area contributed by atoms with E-state index in [-0.39, 0.29) is 0 Å². The third-order valence-corrected chi connectivity index (χ3v) is 2.92. The third-order valence-electron chi connectivity index (χ3n) is 2.17. The van der Waals surface area contributed by atoms with E-state index >= 15 is 0 Å². The van der Waals surface area contributed by atoms with Crippen molar-refractivity contribution < 1.29 is 9.47 Å². The first-order chi connectivity index (χ1) is 7.08. The maximum Gasteiger partial charge on any atom is 0.149 e. The van der Waals surface area contributed by atoms with E-state index in [0.717, 1.165) is 5.46 Å². The summed E-state index contributed by atoms with van der Waals surface area (Å²) in [4.78, 5) is 0. The average Bonchev–Trinajstić information content (AvgIpc) is 2.19. The Morgan fingerprint density at radius 2 is 1.53 bits per heavy atom. The summed E-state index contributed by atoms with van der Waals surface area (Å²) in [5, 5.41) is 0.909. The SMILES string of the molecule is Bc1c(OC)c(Cl)c(C=C)c(Cl)c1OC. The van der Waals surface area contributed by atoms with Gasteiger partial charge in [0.15, 0.2) is 0 Å². The summed E-state index contributed by atoms with van der Waals surface area (Å²) in [6.45, 7) is 3.65. The van der Waals surface area contributed by atoms with Crippen molar-refractivity contribution in [2.45, 2.75) is 0 Å². The van der Waals surface area contributed by atoms with Crippen LogP contribution in [-0.4, -0.2) is 22.1 Å². The Morgan fingerprint density at radius 3 is 1.80 bits per heavy atom. The molecule has 0 saturated carbocycles. The van der Waals surface area contributed by atoms with Crippen molar-refractivity contribution >= 4 is 42.6 Å². The van der Waals surface area contributed by atoms with Gasteiger partial charge in [0.1, 0.15) is 19.3 Å². The quantitative estimate of drug-likeness (QED) is 0.757. The van der Waals surface area contributed by atoms with Gasteiger partial charge in [-0.3, -0.25) is 0 Å². The molecular formula is C10H11BCl2O2. The number of hydrogen-bond donors (Lipinski definition) is 0. The molecule has 1 aromatic rings. The van der Waals surface area contributed by atoms with Crippen molar-refractivity contribution in [2.24, 2.45) is 0 Å². The van der Waals surface area contributed by atoms with Crippen LogP contribution < -0.4 is 14.9 Å². The molecule has 0 aliphatic carbocycles. The molecule has 0 amide bonds. The molecule has 5 heteroatoms. The van der Waals surface area contributed by atoms with Crippen LogP contribution in [0.15, 0.2) is 6.58 Å². The zero-order valence-corrected chi connectivity index (χ0v) is 10.4. The van der Waals surface area contributed by atoms with Crippen LogP contribution in [0.25, 0.3) is 6.08 Å². The minimum atomic E-state index is 0.454. The molecule has 0 saturated heterocycles. The molecule has 0 spiro atoms. The Morgan fingerprint density at radius 1 is 1.13 bits per heavy atom. The van der Waals surface area contributed by atoms with Crippen LogP contribution >= 0.6 is 23.2 Å². The molecule has 15 heavy (non-hydrogen) atoms. The molecule has 0 atom stereocenters. The van der Waals surface area contributed by atoms with E-state index in [1.165, 1.54) is 0 Å². The maximum atomic E-state index is 6.11. The zero-order chi connectivity index (χ0) is 11.6. The normalized spacial score (nSPS) is 9.87. The topological polar surface area (TPSA) is 18.5 Å². The van der Waals surface area contributed by atoms with E-state index in [1.807, 2.05) is 7.85 Å². The van der Waals surface area contributed by atoms with Gasteiger partial charge in [-0.1, -0.05) is 35.9 Å². The summed E-state index contributed by atoms with van der Waals surface area (Å²) in [7, 11) is 4.94. The lowest BCUT2D eigenvalue weighted by Crippen LogP contribution is -2.13. The first-order valence-electron chi connectivity index (χ1n) is 4.30. The van der Waals surface area contributed by atoms with Crippen molar-refractivity contribution in [3.8, 4) is 11.5 Å². The summed E-state index contributed by atoms with van der Waals surface area (Å²) in [5.74, 6) is 1.13. The molecule has 0 aromatic heterocycles. The number of halogens is 2. The van der Waals surface area contributed by atoms with Crippen LogP contribution in [0.2, 0.25) is 10.0 Å². The smallest absolute Gasteiger partial charge is 0.149 e. The molecule has 0 unspecified atom stereocenters. The van der Waals surface area contributed by atoms with Crippen LogP contribution in [0.1, 0.15) is 5.56 Å². The third kappa shape index (κ3) is 1.94. The molecule has 1 aromatic carbocycles. The number of rotatable bonds is 3. The number of benzene rings is 1. The predicted octanol–water partition coefficient (Wildman–Crippen LogP) is 1.91. The molecule has 0 heterocycles. The lowest BCUT2D eigenvalue weighted by molar-refractivity contribution is 0.401. The molecule has 0 N–H and O–H groups in total. The van der Waals surface area contributed by atoms with Crippen LogP contribution in [-0.2, 0) is 0 Å². The van der Waals surface area contributed by atoms with Gasteiger partial charge in [-0.25, -0.2) is 0 Å². The second-order valence-corrected chi connectivity index (χ2v) is 3.69. The Kier molecular flexibility index (Phi) is 3.94. The highest BCUT2D eigenvalue weighted by atomic mass is 35.5. The van der Waals surface area contributed by atoms with Gasteiger partial charge in [0.25, 0.3) is 0 Å². The van der Waals surface area contributed by atoms with Crippen molar-refractivity contribution in [2.75, 3.05) is 14.2 Å². The van der Waals surface area contributed by atoms with Gasteiger partial charge in [0.2, 0.25) is 0 Å². The Balaban J connectivity index is 3.64. The fourth-order valence-corrected chi connectivity index (χ4v) is 2.27. The van der Waals surface area contributed by atoms with Crippen molar-refractivity contribution in [3.05, 3.63) is 22.2 Å². The van der Waals surface area contributed by atoms with Gasteiger partial charge in [-0.05, 0) is 5.46 Å². The largest absolute Gasteiger partial charge is 0.496 e. The molecular weight excluding hydrogens is 234 g/mol. The fourth-order valence-electron chi connectivity index (χ4n) is 1.44. The number of ether oxygens (including phenoxy) is 2. The van der Waals surface area contributed by atoms with E-state index in [4.69, 9.17) is 32.7 Å². The summed E-state index contributed by atoms with van der Waals surface area (Å²) in [6, 6.07) is 0. The van der Waals surface area contributed by atoms with Crippen LogP contribution in [0.3, 0.4) is 0 Å². The number of methoxy groups -OCH3 is 2. The van der Waals surface area contributed by atoms with Gasteiger partial charge < -0.3 is 9.47 Å². The molecule has 0 bridgehead atoms. The standard InChI is InChI=1S/C10H11BCl2O2/c1-4-5-7(12)9(14-2)6(11)10(15-3)8(5)13/h4H,1,11H2,2-3H3. The van der Waals surface area contributed by atoms with Gasteiger partial charge in [0, 0.05) is 5.56 Å². The monoisotopic (exact) mass is 244 g/mol. The van der Waals surface area contributed by atoms with Crippen molar-refractivity contribution in [1.82, 2.24) is 0 Å². The molecule has 1 rings (SSSR count). The molecule has 0 aliphatic heterocycles. The lowest BCUT2D eigenvalue weighted by Gasteiger charge is -2.16. The minimum Gasteiger partial charge on any atom is -0.496 e. The van der Waals surface area contributed by atoms with Crippen LogP contribution in [0, 0.1) is 0 Å². The van der Waals surface area contributed by atoms with Gasteiger partial charge >= 0.3 is 0 Å². The first kappa shape index (κ1) is 12.3. The molecule has 2 nitrogen and oxygen atoms in total. The second kappa shape index (κ2) is 4.82. The van der Waals surface area contributed by atoms with Crippen LogP contribution in [0.5, 0.6) is 11.5 Å². The zero-order valence-electron chi connectivity index (χ0n) is 8.86. The Labute approximate surface area is 100 Å². The molecule has 80 valence electrons. The number of hydrogen-bond acceptors (Lipinski definition) is 2. The summed E-state index contributed by atoms with van der Waals surface area (Å²) < 4.78 is 10.4. The van der Waals surface area contributed by atoms with E-state index in [2.05, 4.69) is 6.58 Å². The molecule has 0 aliphatic rings. The molecule has 0 fully saturated rings. The van der Waals surface area contributed by atoms with E-state index in [9.17, 15) is 0 Å². The van der Waals surface area contributed by atoms with E-state index in [1.54, 1.807) is 20.3 Å². The average molecular weight is 245 g/mol. The summed E-state index contributed by atoms with van der Waals surface area (Å²) >= 11 is 12.2. The predicted molar refractivity (Wildman–Crippen MR) is 67.8 cm³/mol. The highest BCUT2D eigenvalue weighted by molar-refractivity contribution is 6.45. The van der Waals surface area contributed by atoms with Gasteiger partial charge in [-0.15, -0.1) is 0 Å². The molecule has 0 radical (unpaired) electrons. The highest BCUT2D eigenvalue weighted by Gasteiger charge is 2.18. The maximum absolute atomic E-state index is 6.11. The van der Waals surface area contributed by atoms with Crippen LogP contribution in [0.4, 0.5) is 0 Å². The Bertz CT molecular complexity index is 374. The van der Waals surface area contributed by atoms with E-state index in [0.29, 0.717) is 27.1 Å². The lowest BCUT2D eigenvalue weighted by atomic mass is 9.92. The highest BCUT2D eigenvalue weighted by Crippen LogP contribution is 2.38. The Hall–Kier alpha value is -0.795. The summed E-state index contributed by atoms with van der Waals surface area (Å²) in [5.41, 5.74) is 1.40. The van der Waals surface area contributed by atoms with E-state index < -0.39 is 0 Å². The second-order valence-electron chi connectivity index (χ2n) is 2.94. The van der Waals surface area contributed by atoms with Gasteiger partial charge in [-0.2, -0.15) is 0 Å².